The van der Waals surface area contributed by atoms with E-state index >= 15 is 0 Å². The summed E-state index contributed by atoms with van der Waals surface area (Å²) in [5, 5.41) is 21.7. The van der Waals surface area contributed by atoms with Crippen molar-refractivity contribution < 1.29 is 10.2 Å². The minimum absolute atomic E-state index is 0.0623. The van der Waals surface area contributed by atoms with E-state index in [9.17, 15) is 10.2 Å². The maximum Gasteiger partial charge on any atom is 0.0797 e. The Balaban J connectivity index is 0.00000163. The van der Waals surface area contributed by atoms with Crippen molar-refractivity contribution in [3.8, 4) is 0 Å². The van der Waals surface area contributed by atoms with Crippen molar-refractivity contribution in [3.63, 3.8) is 0 Å². The smallest absolute Gasteiger partial charge is 0.0797 e. The van der Waals surface area contributed by atoms with Gasteiger partial charge in [-0.3, -0.25) is 0 Å². The molecule has 0 bridgehead atoms. The lowest BCUT2D eigenvalue weighted by molar-refractivity contribution is -0.142. The molecule has 0 radical (unpaired) electrons. The van der Waals surface area contributed by atoms with Crippen molar-refractivity contribution in [2.45, 2.75) is 97.7 Å². The number of hydrogen-bond donors (Lipinski definition) is 2. The van der Waals surface area contributed by atoms with Crippen molar-refractivity contribution in [2.75, 3.05) is 0 Å². The van der Waals surface area contributed by atoms with Gasteiger partial charge in [-0.2, -0.15) is 0 Å². The maximum atomic E-state index is 11.3. The maximum absolute atomic E-state index is 11.3. The molecule has 2 heteroatoms. The summed E-state index contributed by atoms with van der Waals surface area (Å²) in [6.07, 6.45) is 7.88. The molecule has 2 saturated carbocycles. The second-order valence-electron chi connectivity index (χ2n) is 8.92. The van der Waals surface area contributed by atoms with Gasteiger partial charge in [0.2, 0.25) is 0 Å². The van der Waals surface area contributed by atoms with Crippen LogP contribution in [0.15, 0.2) is 37.0 Å². The molecule has 0 aromatic rings. The van der Waals surface area contributed by atoms with Crippen LogP contribution >= 0.6 is 0 Å². The summed E-state index contributed by atoms with van der Waals surface area (Å²) in [6, 6.07) is 0. The number of rotatable bonds is 5. The van der Waals surface area contributed by atoms with Crippen molar-refractivity contribution in [1.29, 1.82) is 0 Å². The van der Waals surface area contributed by atoms with Gasteiger partial charge in [0.15, 0.2) is 0 Å². The lowest BCUT2D eigenvalue weighted by Gasteiger charge is -2.65. The first kappa shape index (κ1) is 23.2. The molecule has 0 amide bonds. The fourth-order valence-corrected chi connectivity index (χ4v) is 6.09. The minimum Gasteiger partial charge on any atom is -0.390 e. The Labute approximate surface area is 162 Å². The predicted octanol–water partition coefficient (Wildman–Crippen LogP) is 6.20. The quantitative estimate of drug-likeness (QED) is 0.572. The van der Waals surface area contributed by atoms with Gasteiger partial charge in [-0.15, -0.1) is 6.58 Å². The van der Waals surface area contributed by atoms with Crippen LogP contribution in [0.25, 0.3) is 0 Å². The molecule has 150 valence electrons. The Kier molecular flexibility index (Phi) is 7.15. The Morgan fingerprint density at radius 3 is 2.31 bits per heavy atom. The normalized spacial score (nSPS) is 39.3. The zero-order valence-electron chi connectivity index (χ0n) is 18.1. The van der Waals surface area contributed by atoms with Gasteiger partial charge in [-0.1, -0.05) is 58.1 Å². The first-order valence-electron chi connectivity index (χ1n) is 10.4. The van der Waals surface area contributed by atoms with Crippen molar-refractivity contribution in [1.82, 2.24) is 0 Å². The SMILES string of the molecule is C=C[C@](C)(O)CC[C@H]1[C@](C)(O)CC(=C)[C@@]2(CC)C(=C)CCC[C@]12C.CC. The zero-order chi connectivity index (χ0) is 20.4. The molecule has 2 N–H and O–H groups in total. The van der Waals surface area contributed by atoms with E-state index in [0.29, 0.717) is 12.8 Å². The number of allylic oxidation sites excluding steroid dienone is 1. The molecule has 2 nitrogen and oxygen atoms in total. The first-order chi connectivity index (χ1) is 12.0. The highest BCUT2D eigenvalue weighted by Crippen LogP contribution is 2.68. The van der Waals surface area contributed by atoms with Crippen LogP contribution in [0.2, 0.25) is 0 Å². The molecule has 0 aromatic carbocycles. The van der Waals surface area contributed by atoms with Crippen molar-refractivity contribution >= 4 is 0 Å². The fraction of sp³-hybridized carbons (Fsp3) is 0.750. The van der Waals surface area contributed by atoms with Crippen molar-refractivity contribution in [2.24, 2.45) is 16.7 Å². The fourth-order valence-electron chi connectivity index (χ4n) is 6.09. The van der Waals surface area contributed by atoms with Crippen LogP contribution in [0.5, 0.6) is 0 Å². The topological polar surface area (TPSA) is 40.5 Å². The van der Waals surface area contributed by atoms with Crippen LogP contribution in [0.3, 0.4) is 0 Å². The molecule has 0 spiro atoms. The van der Waals surface area contributed by atoms with Gasteiger partial charge in [0.25, 0.3) is 0 Å². The summed E-state index contributed by atoms with van der Waals surface area (Å²) in [5.74, 6) is 0.110. The zero-order valence-corrected chi connectivity index (χ0v) is 18.1. The molecule has 0 unspecified atom stereocenters. The van der Waals surface area contributed by atoms with Crippen LogP contribution in [-0.2, 0) is 0 Å². The average Bonchev–Trinajstić information content (AvgIpc) is 2.55. The van der Waals surface area contributed by atoms with Gasteiger partial charge in [0.05, 0.1) is 11.2 Å². The van der Waals surface area contributed by atoms with E-state index in [1.54, 1.807) is 13.0 Å². The van der Waals surface area contributed by atoms with E-state index < -0.39 is 11.2 Å². The third-order valence-corrected chi connectivity index (χ3v) is 7.36. The van der Waals surface area contributed by atoms with Crippen molar-refractivity contribution in [3.05, 3.63) is 37.0 Å². The van der Waals surface area contributed by atoms with Crippen LogP contribution < -0.4 is 0 Å². The predicted molar refractivity (Wildman–Crippen MR) is 113 cm³/mol. The molecule has 0 saturated heterocycles. The summed E-state index contributed by atoms with van der Waals surface area (Å²) < 4.78 is 0. The molecular formula is C24H42O2. The van der Waals surface area contributed by atoms with E-state index in [2.05, 4.69) is 33.6 Å². The number of aliphatic hydroxyl groups is 2. The Hall–Kier alpha value is -0.860. The van der Waals surface area contributed by atoms with Crippen LogP contribution in [0.1, 0.15) is 86.5 Å². The molecule has 0 heterocycles. The van der Waals surface area contributed by atoms with Gasteiger partial charge in [0.1, 0.15) is 0 Å². The highest BCUT2D eigenvalue weighted by atomic mass is 16.3. The Bertz CT molecular complexity index is 542. The molecule has 0 aliphatic heterocycles. The molecule has 2 rings (SSSR count). The Morgan fingerprint density at radius 2 is 1.81 bits per heavy atom. The van der Waals surface area contributed by atoms with Crippen LogP contribution in [-0.4, -0.2) is 21.4 Å². The average molecular weight is 363 g/mol. The monoisotopic (exact) mass is 362 g/mol. The lowest BCUT2D eigenvalue weighted by Crippen LogP contribution is -2.60. The van der Waals surface area contributed by atoms with Crippen LogP contribution in [0, 0.1) is 16.7 Å². The summed E-state index contributed by atoms with van der Waals surface area (Å²) in [7, 11) is 0. The standard InChI is InChI=1S/C22H36O2.C2H6/c1-8-19(5,23)14-12-18-20(6)13-10-11-16(3)22(20,9-2)17(4)15-21(18,7)24;1-2/h8,18,23-24H,1,3-4,9-15H2,2,5-7H3;1-2H3/t18-,19+,20-,21-,22-;/m1./s1. The van der Waals surface area contributed by atoms with Gasteiger partial charge < -0.3 is 10.2 Å². The molecule has 0 aromatic heterocycles. The number of fused-ring (bicyclic) bond motifs is 1. The lowest BCUT2D eigenvalue weighted by atomic mass is 9.40. The largest absolute Gasteiger partial charge is 0.390 e. The molecule has 5 atom stereocenters. The molecule has 2 aliphatic rings. The molecule has 2 fully saturated rings. The van der Waals surface area contributed by atoms with E-state index in [-0.39, 0.29) is 16.7 Å². The Morgan fingerprint density at radius 1 is 1.23 bits per heavy atom. The summed E-state index contributed by atoms with van der Waals surface area (Å²) in [4.78, 5) is 0. The van der Waals surface area contributed by atoms with Gasteiger partial charge >= 0.3 is 0 Å². The molecule has 26 heavy (non-hydrogen) atoms. The van der Waals surface area contributed by atoms with E-state index in [4.69, 9.17) is 0 Å². The van der Waals surface area contributed by atoms with Gasteiger partial charge in [-0.25, -0.2) is 0 Å². The van der Waals surface area contributed by atoms with Gasteiger partial charge in [0, 0.05) is 5.41 Å². The first-order valence-corrected chi connectivity index (χ1v) is 10.4. The summed E-state index contributed by atoms with van der Waals surface area (Å²) in [5.41, 5.74) is 0.611. The molecular weight excluding hydrogens is 320 g/mol. The van der Waals surface area contributed by atoms with E-state index in [0.717, 1.165) is 37.7 Å². The van der Waals surface area contributed by atoms with Crippen LogP contribution in [0.4, 0.5) is 0 Å². The molecule has 2 aliphatic carbocycles. The van der Waals surface area contributed by atoms with E-state index in [1.165, 1.54) is 5.57 Å². The second-order valence-corrected chi connectivity index (χ2v) is 8.92. The second kappa shape index (κ2) is 8.02. The number of hydrogen-bond acceptors (Lipinski definition) is 2. The highest BCUT2D eigenvalue weighted by Gasteiger charge is 2.62. The highest BCUT2D eigenvalue weighted by molar-refractivity contribution is 5.37. The third-order valence-electron chi connectivity index (χ3n) is 7.36. The summed E-state index contributed by atoms with van der Waals surface area (Å²) in [6.45, 7) is 24.9. The van der Waals surface area contributed by atoms with E-state index in [1.807, 2.05) is 20.8 Å². The van der Waals surface area contributed by atoms with Gasteiger partial charge in [-0.05, 0) is 70.1 Å². The summed E-state index contributed by atoms with van der Waals surface area (Å²) >= 11 is 0. The third kappa shape index (κ3) is 3.60. The minimum atomic E-state index is -0.887.